The van der Waals surface area contributed by atoms with E-state index in [0.717, 1.165) is 24.3 Å². The molecule has 3 aromatic heterocycles. The van der Waals surface area contributed by atoms with Crippen LogP contribution in [0.3, 0.4) is 0 Å². The third-order valence-corrected chi connectivity index (χ3v) is 4.57. The Kier molecular flexibility index (Phi) is 12.8. The molecule has 5 rings (SSSR count). The van der Waals surface area contributed by atoms with Gasteiger partial charge in [-0.15, -0.1) is 59.7 Å². The summed E-state index contributed by atoms with van der Waals surface area (Å²) in [5, 5.41) is 6.21. The van der Waals surface area contributed by atoms with Crippen LogP contribution in [0.25, 0.3) is 22.5 Å². The molecule has 0 radical (unpaired) electrons. The summed E-state index contributed by atoms with van der Waals surface area (Å²) in [7, 11) is 4.64. The molecule has 0 fully saturated rings. The maximum absolute atomic E-state index is 12.3. The van der Waals surface area contributed by atoms with E-state index in [0.29, 0.717) is 22.5 Å². The second-order valence-corrected chi connectivity index (χ2v) is 7.17. The summed E-state index contributed by atoms with van der Waals surface area (Å²) in [5.41, 5.74) is 0.911. The second-order valence-electron chi connectivity index (χ2n) is 7.17. The first-order chi connectivity index (χ1) is 18.6. The van der Waals surface area contributed by atoms with Gasteiger partial charge in [0, 0.05) is 24.8 Å². The molecule has 0 unspecified atom stereocenters. The standard InChI is InChI=1S/2C12H7F3N.C3H4N2.ClH.Ir/c2*13-12(14,15)10-6-4-9(5-7-10)11-3-1-2-8-16-11;1-2-4-5-3-1;;/h2*1-4,6-8H;1-3H,(H,4,5);1H;/q2*-1;;;+3/p-1. The van der Waals surface area contributed by atoms with Crippen LogP contribution in [0.5, 0.6) is 0 Å². The Hall–Kier alpha value is -3.53. The zero-order chi connectivity index (χ0) is 28.7. The molecule has 204 valence electrons. The summed E-state index contributed by atoms with van der Waals surface area (Å²) >= 11 is 1.47. The van der Waals surface area contributed by atoms with Gasteiger partial charge in [-0.05, 0) is 40.7 Å². The maximum atomic E-state index is 12.3. The van der Waals surface area contributed by atoms with Crippen LogP contribution in [-0.4, -0.2) is 20.2 Å². The van der Waals surface area contributed by atoms with Crippen LogP contribution in [0.2, 0.25) is 0 Å². The van der Waals surface area contributed by atoms with Gasteiger partial charge >= 0.3 is 39.8 Å². The number of aromatic amines is 1. The van der Waals surface area contributed by atoms with Crippen LogP contribution in [0, 0.1) is 12.1 Å². The Morgan fingerprint density at radius 3 is 1.31 bits per heavy atom. The summed E-state index contributed by atoms with van der Waals surface area (Å²) in [6.07, 6.45) is -2.01. The summed E-state index contributed by atoms with van der Waals surface area (Å²) in [6.45, 7) is 0. The maximum Gasteiger partial charge on any atom is 0.0487 e. The third kappa shape index (κ3) is 11.0. The van der Waals surface area contributed by atoms with E-state index in [1.54, 1.807) is 61.2 Å². The van der Waals surface area contributed by atoms with Gasteiger partial charge in [0.05, 0.1) is 0 Å². The summed E-state index contributed by atoms with van der Waals surface area (Å²) in [4.78, 5) is 8.06. The summed E-state index contributed by atoms with van der Waals surface area (Å²) < 4.78 is 73.7. The first-order valence-electron chi connectivity index (χ1n) is 10.7. The van der Waals surface area contributed by atoms with Crippen LogP contribution >= 0.6 is 9.58 Å². The molecule has 0 aliphatic rings. The molecule has 3 heterocycles. The molecule has 0 saturated carbocycles. The smallest absolute Gasteiger partial charge is 0.0487 e. The first-order valence-corrected chi connectivity index (χ1v) is 13.7. The van der Waals surface area contributed by atoms with Crippen molar-refractivity contribution in [3.05, 3.63) is 127 Å². The monoisotopic (exact) mass is 740 g/mol. The number of aromatic nitrogens is 4. The van der Waals surface area contributed by atoms with Gasteiger partial charge in [-0.25, -0.2) is 0 Å². The van der Waals surface area contributed by atoms with Crippen LogP contribution < -0.4 is 0 Å². The van der Waals surface area contributed by atoms with Crippen molar-refractivity contribution in [2.75, 3.05) is 0 Å². The SMILES string of the molecule is FC(F)(F)c1c[c-]c(-c2ccccn2)cc1.FC(F)(F)c1c[c-]c(-c2ccccn2)cc1.[Cl][Ir+2].c1cn[nH]c1. The molecule has 12 heteroatoms. The molecule has 0 spiro atoms. The van der Waals surface area contributed by atoms with Crippen molar-refractivity contribution < 1.29 is 44.2 Å². The molecule has 5 aromatic rings. The number of halogens is 7. The van der Waals surface area contributed by atoms with E-state index in [1.807, 2.05) is 6.07 Å². The number of hydrogen-bond acceptors (Lipinski definition) is 3. The number of pyridine rings is 2. The first kappa shape index (κ1) is 31.7. The Morgan fingerprint density at radius 2 is 1.08 bits per heavy atom. The van der Waals surface area contributed by atoms with Gasteiger partial charge in [0.1, 0.15) is 0 Å². The predicted molar refractivity (Wildman–Crippen MR) is 131 cm³/mol. The van der Waals surface area contributed by atoms with Gasteiger partial charge in [-0.3, -0.25) is 5.10 Å². The fourth-order valence-corrected chi connectivity index (χ4v) is 2.78. The van der Waals surface area contributed by atoms with Crippen molar-refractivity contribution in [3.63, 3.8) is 0 Å². The number of H-pyrrole nitrogens is 1. The van der Waals surface area contributed by atoms with E-state index in [-0.39, 0.29) is 0 Å². The second kappa shape index (κ2) is 15.8. The molecule has 0 atom stereocenters. The predicted octanol–water partition coefficient (Wildman–Crippen LogP) is 8.23. The molecule has 39 heavy (non-hydrogen) atoms. The van der Waals surface area contributed by atoms with Gasteiger partial charge in [0.15, 0.2) is 0 Å². The van der Waals surface area contributed by atoms with Crippen LogP contribution in [0.1, 0.15) is 11.1 Å². The molecule has 1 N–H and O–H groups in total. The average molecular weight is 740 g/mol. The Bertz CT molecular complexity index is 1210. The summed E-state index contributed by atoms with van der Waals surface area (Å²) in [5.74, 6) is 0. The topological polar surface area (TPSA) is 54.5 Å². The van der Waals surface area contributed by atoms with Crippen LogP contribution in [0.15, 0.2) is 104 Å². The fourth-order valence-electron chi connectivity index (χ4n) is 2.78. The van der Waals surface area contributed by atoms with Crippen molar-refractivity contribution in [2.45, 2.75) is 12.4 Å². The van der Waals surface area contributed by atoms with Crippen molar-refractivity contribution in [1.29, 1.82) is 0 Å². The van der Waals surface area contributed by atoms with E-state index in [1.165, 1.54) is 30.0 Å². The molecule has 4 nitrogen and oxygen atoms in total. The number of nitrogens with one attached hydrogen (secondary N) is 1. The van der Waals surface area contributed by atoms with Crippen LogP contribution in [-0.2, 0) is 30.2 Å². The van der Waals surface area contributed by atoms with Crippen molar-refractivity contribution in [1.82, 2.24) is 20.2 Å². The molecule has 0 aliphatic heterocycles. The minimum absolute atomic E-state index is 0.550. The van der Waals surface area contributed by atoms with E-state index < -0.39 is 23.5 Å². The number of rotatable bonds is 2. The van der Waals surface area contributed by atoms with Crippen molar-refractivity contribution in [3.8, 4) is 22.5 Å². The van der Waals surface area contributed by atoms with Gasteiger partial charge in [0.25, 0.3) is 0 Å². The molecular formula is C27H18ClF6IrN4. The van der Waals surface area contributed by atoms with Crippen LogP contribution in [0.4, 0.5) is 26.3 Å². The quantitative estimate of drug-likeness (QED) is 0.147. The zero-order valence-electron chi connectivity index (χ0n) is 19.6. The third-order valence-electron chi connectivity index (χ3n) is 4.57. The van der Waals surface area contributed by atoms with Crippen molar-refractivity contribution in [2.24, 2.45) is 0 Å². The fraction of sp³-hybridized carbons (Fsp3) is 0.0741. The van der Waals surface area contributed by atoms with Gasteiger partial charge < -0.3 is 9.97 Å². The van der Waals surface area contributed by atoms with E-state index in [9.17, 15) is 26.3 Å². The Labute approximate surface area is 235 Å². The molecular weight excluding hydrogens is 722 g/mol. The van der Waals surface area contributed by atoms with Gasteiger partial charge in [0.2, 0.25) is 0 Å². The molecule has 0 bridgehead atoms. The average Bonchev–Trinajstić information content (AvgIpc) is 3.55. The van der Waals surface area contributed by atoms with E-state index in [4.69, 9.17) is 0 Å². The minimum atomic E-state index is -4.32. The molecule has 0 saturated heterocycles. The Morgan fingerprint density at radius 1 is 0.615 bits per heavy atom. The molecule has 2 aromatic carbocycles. The summed E-state index contributed by atoms with van der Waals surface area (Å²) in [6, 6.07) is 24.1. The number of alkyl halides is 6. The number of benzene rings is 2. The molecule has 0 aliphatic carbocycles. The number of nitrogens with zero attached hydrogens (tertiary/aromatic N) is 3. The van der Waals surface area contributed by atoms with E-state index in [2.05, 4.69) is 41.9 Å². The minimum Gasteiger partial charge on any atom is -0.286 e. The largest absolute Gasteiger partial charge is 0.286 e. The van der Waals surface area contributed by atoms with Gasteiger partial charge in [-0.1, -0.05) is 24.3 Å². The zero-order valence-corrected chi connectivity index (χ0v) is 22.8. The van der Waals surface area contributed by atoms with Gasteiger partial charge in [-0.2, -0.15) is 31.4 Å². The Balaban J connectivity index is 0.000000220. The van der Waals surface area contributed by atoms with E-state index >= 15 is 0 Å². The number of hydrogen-bond donors (Lipinski definition) is 1. The van der Waals surface area contributed by atoms with Crippen molar-refractivity contribution >= 4 is 9.58 Å². The molecule has 0 amide bonds. The normalized spacial score (nSPS) is 10.6.